The molecule has 3 aromatic carbocycles. The fourth-order valence-corrected chi connectivity index (χ4v) is 3.72. The lowest BCUT2D eigenvalue weighted by Gasteiger charge is -2.16. The summed E-state index contributed by atoms with van der Waals surface area (Å²) in [5, 5.41) is 3.04. The number of hydrogen-bond donors (Lipinski definition) is 2. The highest BCUT2D eigenvalue weighted by Gasteiger charge is 2.18. The topological polar surface area (TPSA) is 84.5 Å². The smallest absolute Gasteiger partial charge is 0.265 e. The van der Waals surface area contributed by atoms with Crippen molar-refractivity contribution >= 4 is 38.9 Å². The van der Waals surface area contributed by atoms with Gasteiger partial charge in [0.2, 0.25) is 0 Å². The molecule has 0 radical (unpaired) electrons. The minimum atomic E-state index is -3.86. The second-order valence-corrected chi connectivity index (χ2v) is 8.41. The first-order valence-electron chi connectivity index (χ1n) is 8.85. The Morgan fingerprint density at radius 2 is 1.57 bits per heavy atom. The predicted octanol–water partition coefficient (Wildman–Crippen LogP) is 4.69. The highest BCUT2D eigenvalue weighted by Crippen LogP contribution is 2.24. The lowest BCUT2D eigenvalue weighted by atomic mass is 10.3. The number of nitrogens with one attached hydrogen (secondary N) is 2. The molecule has 30 heavy (non-hydrogen) atoms. The van der Waals surface area contributed by atoms with Crippen molar-refractivity contribution in [2.45, 2.75) is 17.9 Å². The van der Waals surface area contributed by atoms with Gasteiger partial charge in [-0.1, -0.05) is 23.7 Å². The molecule has 3 aromatic rings. The fraction of sp³-hybridized carbons (Fsp3) is 0.0952. The molecule has 2 N–H and O–H groups in total. The zero-order valence-electron chi connectivity index (χ0n) is 15.8. The summed E-state index contributed by atoms with van der Waals surface area (Å²) >= 11 is 6.02. The molecule has 0 aliphatic carbocycles. The molecule has 0 aliphatic rings. The van der Waals surface area contributed by atoms with Crippen molar-refractivity contribution in [1.82, 2.24) is 0 Å². The predicted molar refractivity (Wildman–Crippen MR) is 114 cm³/mol. The summed E-state index contributed by atoms with van der Waals surface area (Å²) in [4.78, 5) is 12.3. The van der Waals surface area contributed by atoms with E-state index in [-0.39, 0.29) is 10.6 Å². The lowest BCUT2D eigenvalue weighted by molar-refractivity contribution is -0.122. The number of hydrogen-bond acceptors (Lipinski definition) is 4. The van der Waals surface area contributed by atoms with E-state index in [0.717, 1.165) is 12.1 Å². The first-order chi connectivity index (χ1) is 14.2. The second-order valence-electron chi connectivity index (χ2n) is 6.32. The fourth-order valence-electron chi connectivity index (χ4n) is 2.48. The van der Waals surface area contributed by atoms with E-state index in [1.54, 1.807) is 31.2 Å². The maximum atomic E-state index is 13.0. The minimum absolute atomic E-state index is 0.00908. The second kappa shape index (κ2) is 9.15. The van der Waals surface area contributed by atoms with Crippen LogP contribution < -0.4 is 14.8 Å². The van der Waals surface area contributed by atoms with E-state index in [1.807, 2.05) is 0 Å². The molecule has 0 bridgehead atoms. The number of rotatable bonds is 7. The van der Waals surface area contributed by atoms with Gasteiger partial charge in [0.25, 0.3) is 15.9 Å². The highest BCUT2D eigenvalue weighted by molar-refractivity contribution is 7.92. The van der Waals surface area contributed by atoms with Gasteiger partial charge >= 0.3 is 0 Å². The molecule has 0 saturated heterocycles. The Hall–Kier alpha value is -3.10. The van der Waals surface area contributed by atoms with E-state index in [9.17, 15) is 17.6 Å². The monoisotopic (exact) mass is 448 g/mol. The third-order valence-corrected chi connectivity index (χ3v) is 5.75. The zero-order chi connectivity index (χ0) is 21.7. The SMILES string of the molecule is C[C@H](Oc1ccccc1Cl)C(=O)Nc1ccc(S(=O)(=O)Nc2ccc(F)cc2)cc1. The summed E-state index contributed by atoms with van der Waals surface area (Å²) in [5.41, 5.74) is 0.634. The van der Waals surface area contributed by atoms with Crippen LogP contribution in [0, 0.1) is 5.82 Å². The Balaban J connectivity index is 1.64. The lowest BCUT2D eigenvalue weighted by Crippen LogP contribution is -2.30. The molecule has 0 heterocycles. The highest BCUT2D eigenvalue weighted by atomic mass is 35.5. The van der Waals surface area contributed by atoms with Gasteiger partial charge in [0.1, 0.15) is 11.6 Å². The van der Waals surface area contributed by atoms with Gasteiger partial charge in [-0.05, 0) is 67.6 Å². The molecule has 0 aliphatic heterocycles. The molecule has 3 rings (SSSR count). The van der Waals surface area contributed by atoms with Crippen molar-refractivity contribution in [2.75, 3.05) is 10.0 Å². The van der Waals surface area contributed by atoms with E-state index in [4.69, 9.17) is 16.3 Å². The number of amides is 1. The van der Waals surface area contributed by atoms with Gasteiger partial charge < -0.3 is 10.1 Å². The molecule has 0 spiro atoms. The molecule has 1 amide bonds. The van der Waals surface area contributed by atoms with Crippen LogP contribution in [0.4, 0.5) is 15.8 Å². The van der Waals surface area contributed by atoms with Gasteiger partial charge in [-0.2, -0.15) is 0 Å². The molecule has 0 aromatic heterocycles. The van der Waals surface area contributed by atoms with Gasteiger partial charge in [-0.25, -0.2) is 12.8 Å². The Labute approximate surface area is 178 Å². The molecule has 9 heteroatoms. The first kappa shape index (κ1) is 21.6. The minimum Gasteiger partial charge on any atom is -0.479 e. The van der Waals surface area contributed by atoms with Crippen LogP contribution in [0.15, 0.2) is 77.7 Å². The standard InChI is InChI=1S/C21H18ClFN2O4S/c1-14(29-20-5-3-2-4-19(20)22)21(26)24-16-10-12-18(13-11-16)30(27,28)25-17-8-6-15(23)7-9-17/h2-14,25H,1H3,(H,24,26)/t14-/m0/s1. The average Bonchev–Trinajstić information content (AvgIpc) is 2.71. The molecule has 1 atom stereocenters. The summed E-state index contributed by atoms with van der Waals surface area (Å²) in [7, 11) is -3.86. The summed E-state index contributed by atoms with van der Waals surface area (Å²) in [5.74, 6) is -0.504. The number of carbonyl (C=O) groups is 1. The molecule has 0 fully saturated rings. The normalized spacial score (nSPS) is 12.1. The Morgan fingerprint density at radius 3 is 2.20 bits per heavy atom. The van der Waals surface area contributed by atoms with E-state index in [2.05, 4.69) is 10.0 Å². The van der Waals surface area contributed by atoms with Crippen LogP contribution in [0.2, 0.25) is 5.02 Å². The van der Waals surface area contributed by atoms with Gasteiger partial charge in [0, 0.05) is 11.4 Å². The van der Waals surface area contributed by atoms with Gasteiger partial charge in [-0.15, -0.1) is 0 Å². The quantitative estimate of drug-likeness (QED) is 0.549. The molecule has 6 nitrogen and oxygen atoms in total. The molecular formula is C21H18ClFN2O4S. The molecule has 0 unspecified atom stereocenters. The maximum absolute atomic E-state index is 13.0. The van der Waals surface area contributed by atoms with Crippen molar-refractivity contribution in [3.05, 3.63) is 83.6 Å². The van der Waals surface area contributed by atoms with E-state index in [0.29, 0.717) is 16.5 Å². The van der Waals surface area contributed by atoms with Crippen LogP contribution in [0.5, 0.6) is 5.75 Å². The summed E-state index contributed by atoms with van der Waals surface area (Å²) in [6.07, 6.45) is -0.826. The Morgan fingerprint density at radius 1 is 0.967 bits per heavy atom. The van der Waals surface area contributed by atoms with Crippen molar-refractivity contribution in [1.29, 1.82) is 0 Å². The van der Waals surface area contributed by atoms with Gasteiger partial charge in [0.15, 0.2) is 6.10 Å². The van der Waals surface area contributed by atoms with Gasteiger partial charge in [0.05, 0.1) is 9.92 Å². The number of sulfonamides is 1. The summed E-state index contributed by atoms with van der Waals surface area (Å²) in [6.45, 7) is 1.57. The van der Waals surface area contributed by atoms with Crippen LogP contribution in [-0.4, -0.2) is 20.4 Å². The van der Waals surface area contributed by atoms with Crippen molar-refractivity contribution < 1.29 is 22.3 Å². The van der Waals surface area contributed by atoms with Crippen LogP contribution >= 0.6 is 11.6 Å². The van der Waals surface area contributed by atoms with Crippen LogP contribution in [-0.2, 0) is 14.8 Å². The number of para-hydroxylation sites is 1. The number of halogens is 2. The Kier molecular flexibility index (Phi) is 6.59. The molecule has 156 valence electrons. The largest absolute Gasteiger partial charge is 0.479 e. The van der Waals surface area contributed by atoms with Crippen LogP contribution in [0.25, 0.3) is 0 Å². The zero-order valence-corrected chi connectivity index (χ0v) is 17.4. The molecular weight excluding hydrogens is 431 g/mol. The third-order valence-electron chi connectivity index (χ3n) is 4.04. The van der Waals surface area contributed by atoms with Crippen LogP contribution in [0.3, 0.4) is 0 Å². The summed E-state index contributed by atoms with van der Waals surface area (Å²) < 4.78 is 45.8. The van der Waals surface area contributed by atoms with Crippen molar-refractivity contribution in [3.8, 4) is 5.75 Å². The van der Waals surface area contributed by atoms with Crippen molar-refractivity contribution in [3.63, 3.8) is 0 Å². The van der Waals surface area contributed by atoms with E-state index in [1.165, 1.54) is 36.4 Å². The number of carbonyl (C=O) groups excluding carboxylic acids is 1. The van der Waals surface area contributed by atoms with Crippen LogP contribution in [0.1, 0.15) is 6.92 Å². The molecule has 0 saturated carbocycles. The van der Waals surface area contributed by atoms with E-state index >= 15 is 0 Å². The number of ether oxygens (including phenoxy) is 1. The van der Waals surface area contributed by atoms with Crippen molar-refractivity contribution in [2.24, 2.45) is 0 Å². The van der Waals surface area contributed by atoms with E-state index < -0.39 is 27.9 Å². The number of anilines is 2. The number of benzene rings is 3. The Bertz CT molecular complexity index is 1140. The van der Waals surface area contributed by atoms with Gasteiger partial charge in [-0.3, -0.25) is 9.52 Å². The average molecular weight is 449 g/mol. The third kappa shape index (κ3) is 5.49. The maximum Gasteiger partial charge on any atom is 0.265 e. The summed E-state index contributed by atoms with van der Waals surface area (Å²) in [6, 6.07) is 17.4. The first-order valence-corrected chi connectivity index (χ1v) is 10.7.